The van der Waals surface area contributed by atoms with Gasteiger partial charge in [-0.1, -0.05) is 30.4 Å². The van der Waals surface area contributed by atoms with Gasteiger partial charge in [0.2, 0.25) is 19.9 Å². The summed E-state index contributed by atoms with van der Waals surface area (Å²) in [6.07, 6.45) is -1.05. The fourth-order valence-corrected chi connectivity index (χ4v) is 6.12. The van der Waals surface area contributed by atoms with Crippen molar-refractivity contribution in [1.29, 1.82) is 0 Å². The van der Waals surface area contributed by atoms with Gasteiger partial charge in [-0.25, -0.2) is 26.4 Å². The van der Waals surface area contributed by atoms with Crippen molar-refractivity contribution >= 4 is 32.0 Å². The van der Waals surface area contributed by atoms with E-state index in [1.54, 1.807) is 6.07 Å². The number of nitrogens with one attached hydrogen (secondary N) is 3. The van der Waals surface area contributed by atoms with Gasteiger partial charge < -0.3 is 15.5 Å². The Kier molecular flexibility index (Phi) is 10.2. The molecule has 1 aliphatic rings. The third-order valence-corrected chi connectivity index (χ3v) is 9.09. The third-order valence-electron chi connectivity index (χ3n) is 6.05. The molecular formula is C25H31F3N4O5S2. The van der Waals surface area contributed by atoms with Crippen molar-refractivity contribution in [2.75, 3.05) is 39.0 Å². The van der Waals surface area contributed by atoms with Gasteiger partial charge in [0.15, 0.2) is 0 Å². The molecule has 214 valence electrons. The zero-order valence-corrected chi connectivity index (χ0v) is 22.9. The number of hydrogen-bond acceptors (Lipinski definition) is 6. The monoisotopic (exact) mass is 588 g/mol. The lowest BCUT2D eigenvalue weighted by Gasteiger charge is -2.26. The van der Waals surface area contributed by atoms with Gasteiger partial charge in [-0.15, -0.1) is 0 Å². The van der Waals surface area contributed by atoms with Crippen LogP contribution in [0.5, 0.6) is 0 Å². The van der Waals surface area contributed by atoms with Gasteiger partial charge in [0.25, 0.3) is 0 Å². The zero-order chi connectivity index (χ0) is 28.7. The Morgan fingerprint density at radius 3 is 2.46 bits per heavy atom. The zero-order valence-electron chi connectivity index (χ0n) is 21.2. The highest BCUT2D eigenvalue weighted by Gasteiger charge is 2.33. The van der Waals surface area contributed by atoms with Gasteiger partial charge in [-0.3, -0.25) is 0 Å². The summed E-state index contributed by atoms with van der Waals surface area (Å²) in [5.41, 5.74) is -1.58. The number of urea groups is 1. The van der Waals surface area contributed by atoms with Crippen molar-refractivity contribution in [3.8, 4) is 0 Å². The first-order valence-electron chi connectivity index (χ1n) is 12.2. The maximum absolute atomic E-state index is 13.6. The molecule has 1 saturated heterocycles. The van der Waals surface area contributed by atoms with Crippen molar-refractivity contribution in [2.45, 2.75) is 34.9 Å². The van der Waals surface area contributed by atoms with Gasteiger partial charge >= 0.3 is 12.2 Å². The minimum absolute atomic E-state index is 0.00157. The Labute approximate surface area is 226 Å². The van der Waals surface area contributed by atoms with E-state index >= 15 is 0 Å². The molecule has 0 bridgehead atoms. The molecule has 2 aromatic carbocycles. The molecule has 1 atom stereocenters. The first-order valence-corrected chi connectivity index (χ1v) is 15.3. The Morgan fingerprint density at radius 1 is 1.10 bits per heavy atom. The number of amides is 2. The topological polar surface area (TPSA) is 125 Å². The van der Waals surface area contributed by atoms with Crippen molar-refractivity contribution in [2.24, 2.45) is 0 Å². The first kappa shape index (κ1) is 30.6. The summed E-state index contributed by atoms with van der Waals surface area (Å²) in [7, 11) is -6.50. The van der Waals surface area contributed by atoms with Crippen LogP contribution in [0.1, 0.15) is 24.0 Å². The van der Waals surface area contributed by atoms with E-state index < -0.39 is 42.9 Å². The average molecular weight is 589 g/mol. The van der Waals surface area contributed by atoms with Crippen molar-refractivity contribution < 1.29 is 34.8 Å². The Balaban J connectivity index is 1.64. The number of hydrogen-bond donors (Lipinski definition) is 3. The number of carbonyl (C=O) groups is 1. The maximum atomic E-state index is 13.6. The number of sulfone groups is 1. The standard InChI is InChI=1S/C25H31F3N4O5S2/c1-32(24(33)31-20-8-5-13-29-18-20)15-14-30-38(34,35)16-6-7-19-17-22(11-12-23(19)25(26,27)28)39(36,37)21-9-3-2-4-10-21/h2-4,6-7,9-12,17,20,29-30H,5,8,13-16,18H2,1H3,(H,31,33). The molecule has 0 aromatic heterocycles. The molecule has 2 aromatic rings. The molecule has 1 heterocycles. The molecule has 1 unspecified atom stereocenters. The quantitative estimate of drug-likeness (QED) is 0.392. The van der Waals surface area contributed by atoms with E-state index in [-0.39, 0.29) is 35.0 Å². The van der Waals surface area contributed by atoms with E-state index in [9.17, 15) is 34.8 Å². The lowest BCUT2D eigenvalue weighted by atomic mass is 10.1. The molecule has 3 rings (SSSR count). The summed E-state index contributed by atoms with van der Waals surface area (Å²) in [6.45, 7) is 1.54. The molecule has 1 aliphatic heterocycles. The molecule has 0 radical (unpaired) electrons. The lowest BCUT2D eigenvalue weighted by molar-refractivity contribution is -0.137. The van der Waals surface area contributed by atoms with E-state index in [0.29, 0.717) is 12.6 Å². The van der Waals surface area contributed by atoms with E-state index in [0.717, 1.165) is 43.7 Å². The van der Waals surface area contributed by atoms with Crippen molar-refractivity contribution in [1.82, 2.24) is 20.3 Å². The molecular weight excluding hydrogens is 557 g/mol. The number of rotatable bonds is 10. The summed E-state index contributed by atoms with van der Waals surface area (Å²) in [5, 5.41) is 6.04. The minimum Gasteiger partial charge on any atom is -0.334 e. The number of alkyl halides is 3. The van der Waals surface area contributed by atoms with Crippen LogP contribution in [-0.2, 0) is 26.0 Å². The highest BCUT2D eigenvalue weighted by molar-refractivity contribution is 7.91. The predicted octanol–water partition coefficient (Wildman–Crippen LogP) is 2.86. The molecule has 0 spiro atoms. The average Bonchev–Trinajstić information content (AvgIpc) is 2.88. The Hall–Kier alpha value is -2.94. The highest BCUT2D eigenvalue weighted by Crippen LogP contribution is 2.34. The number of sulfonamides is 1. The number of benzene rings is 2. The van der Waals surface area contributed by atoms with Crippen molar-refractivity contribution in [3.05, 3.63) is 65.7 Å². The number of piperidine rings is 1. The maximum Gasteiger partial charge on any atom is 0.416 e. The lowest BCUT2D eigenvalue weighted by Crippen LogP contribution is -2.50. The Bertz CT molecular complexity index is 1380. The molecule has 0 saturated carbocycles. The van der Waals surface area contributed by atoms with Crippen LogP contribution in [-0.4, -0.2) is 72.8 Å². The van der Waals surface area contributed by atoms with Gasteiger partial charge in [-0.05, 0) is 55.3 Å². The number of halogens is 3. The summed E-state index contributed by atoms with van der Waals surface area (Å²) < 4.78 is 93.5. The molecule has 1 fully saturated rings. The highest BCUT2D eigenvalue weighted by atomic mass is 32.2. The van der Waals surface area contributed by atoms with Gasteiger partial charge in [0, 0.05) is 32.7 Å². The van der Waals surface area contributed by atoms with Crippen LogP contribution in [0.2, 0.25) is 0 Å². The van der Waals surface area contributed by atoms with Crippen LogP contribution in [0.4, 0.5) is 18.0 Å². The van der Waals surface area contributed by atoms with Crippen molar-refractivity contribution in [3.63, 3.8) is 0 Å². The second-order valence-electron chi connectivity index (χ2n) is 9.06. The van der Waals surface area contributed by atoms with Crippen LogP contribution < -0.4 is 15.4 Å². The van der Waals surface area contributed by atoms with Gasteiger partial charge in [-0.2, -0.15) is 13.2 Å². The molecule has 2 amide bonds. The number of nitrogens with zero attached hydrogens (tertiary/aromatic N) is 1. The number of carbonyl (C=O) groups excluding carboxylic acids is 1. The predicted molar refractivity (Wildman–Crippen MR) is 141 cm³/mol. The summed E-state index contributed by atoms with van der Waals surface area (Å²) in [5.74, 6) is -0.649. The largest absolute Gasteiger partial charge is 0.416 e. The molecule has 14 heteroatoms. The Morgan fingerprint density at radius 2 is 1.82 bits per heavy atom. The van der Waals surface area contributed by atoms with Crippen LogP contribution in [0.3, 0.4) is 0 Å². The molecule has 3 N–H and O–H groups in total. The first-order chi connectivity index (χ1) is 18.3. The van der Waals surface area contributed by atoms with E-state index in [2.05, 4.69) is 15.4 Å². The van der Waals surface area contributed by atoms with E-state index in [1.165, 1.54) is 36.2 Å². The SMILES string of the molecule is CN(CCNS(=O)(=O)CC=Cc1cc(S(=O)(=O)c2ccccc2)ccc1C(F)(F)F)C(=O)NC1CCCNC1. The van der Waals surface area contributed by atoms with Crippen LogP contribution >= 0.6 is 0 Å². The normalized spacial score (nSPS) is 16.8. The van der Waals surface area contributed by atoms with Gasteiger partial charge in [0.1, 0.15) is 0 Å². The summed E-state index contributed by atoms with van der Waals surface area (Å²) in [6, 6.07) is 9.32. The molecule has 0 aliphatic carbocycles. The van der Waals surface area contributed by atoms with Crippen LogP contribution in [0, 0.1) is 0 Å². The molecule has 39 heavy (non-hydrogen) atoms. The minimum atomic E-state index is -4.79. The number of likely N-dealkylation sites (N-methyl/N-ethyl adjacent to an activating group) is 1. The second kappa shape index (κ2) is 12.9. The summed E-state index contributed by atoms with van der Waals surface area (Å²) in [4.78, 5) is 13.2. The van der Waals surface area contributed by atoms with Gasteiger partial charge in [0.05, 0.1) is 21.1 Å². The van der Waals surface area contributed by atoms with Crippen LogP contribution in [0.25, 0.3) is 6.08 Å². The fourth-order valence-electron chi connectivity index (χ4n) is 3.93. The van der Waals surface area contributed by atoms with E-state index in [1.807, 2.05) is 0 Å². The smallest absolute Gasteiger partial charge is 0.334 e. The summed E-state index contributed by atoms with van der Waals surface area (Å²) >= 11 is 0. The molecule has 9 nitrogen and oxygen atoms in total. The van der Waals surface area contributed by atoms with Crippen LogP contribution in [0.15, 0.2) is 64.4 Å². The van der Waals surface area contributed by atoms with E-state index in [4.69, 9.17) is 0 Å². The third kappa shape index (κ3) is 8.78. The fraction of sp³-hybridized carbons (Fsp3) is 0.400. The second-order valence-corrected chi connectivity index (χ2v) is 12.9.